The Morgan fingerprint density at radius 3 is 3.00 bits per heavy atom. The zero-order valence-corrected chi connectivity index (χ0v) is 11.6. The van der Waals surface area contributed by atoms with E-state index in [0.717, 1.165) is 20.9 Å². The second-order valence-electron chi connectivity index (χ2n) is 3.53. The topological polar surface area (TPSA) is 41.6 Å². The van der Waals surface area contributed by atoms with Gasteiger partial charge in [-0.25, -0.2) is 4.98 Å². The average molecular weight is 308 g/mol. The maximum absolute atomic E-state index is 8.86. The van der Waals surface area contributed by atoms with Gasteiger partial charge in [0.2, 0.25) is 0 Å². The zero-order valence-electron chi connectivity index (χ0n) is 9.22. The monoisotopic (exact) mass is 307 g/mol. The molecule has 3 nitrogen and oxygen atoms in total. The van der Waals surface area contributed by atoms with Gasteiger partial charge in [-0.15, -0.1) is 0 Å². The van der Waals surface area contributed by atoms with Gasteiger partial charge in [-0.1, -0.05) is 27.7 Å². The Balaban J connectivity index is 2.14. The van der Waals surface area contributed by atoms with Crippen molar-refractivity contribution in [1.29, 1.82) is 5.26 Å². The first-order valence-electron chi connectivity index (χ1n) is 4.99. The highest BCUT2D eigenvalue weighted by Gasteiger charge is 2.05. The van der Waals surface area contributed by atoms with Gasteiger partial charge in [-0.3, -0.25) is 0 Å². The van der Waals surface area contributed by atoms with Crippen LogP contribution in [-0.4, -0.2) is 9.55 Å². The number of benzene rings is 1. The fraction of sp³-hybridized carbons (Fsp3) is 0.167. The molecule has 2 aromatic rings. The Hall–Kier alpha value is -1.25. The van der Waals surface area contributed by atoms with E-state index in [2.05, 4.69) is 27.0 Å². The largest absolute Gasteiger partial charge is 0.329 e. The number of halogens is 1. The molecule has 1 aromatic carbocycles. The summed E-state index contributed by atoms with van der Waals surface area (Å²) < 4.78 is 3.01. The Morgan fingerprint density at radius 2 is 2.35 bits per heavy atom. The van der Waals surface area contributed by atoms with E-state index in [1.54, 1.807) is 24.0 Å². The highest BCUT2D eigenvalue weighted by Crippen LogP contribution is 2.26. The molecule has 0 N–H and O–H groups in total. The molecule has 0 radical (unpaired) electrons. The Bertz CT molecular complexity index is 571. The summed E-state index contributed by atoms with van der Waals surface area (Å²) in [6.45, 7) is 0. The van der Waals surface area contributed by atoms with Crippen LogP contribution in [0.1, 0.15) is 11.1 Å². The quantitative estimate of drug-likeness (QED) is 0.817. The Labute approximate surface area is 113 Å². The van der Waals surface area contributed by atoms with E-state index in [1.807, 2.05) is 29.9 Å². The van der Waals surface area contributed by atoms with Crippen molar-refractivity contribution in [2.75, 3.05) is 0 Å². The molecule has 0 aliphatic rings. The van der Waals surface area contributed by atoms with Crippen LogP contribution in [0.25, 0.3) is 0 Å². The molecule has 86 valence electrons. The summed E-state index contributed by atoms with van der Waals surface area (Å²) in [6.07, 6.45) is 3.70. The van der Waals surface area contributed by atoms with Gasteiger partial charge in [0.25, 0.3) is 0 Å². The van der Waals surface area contributed by atoms with Crippen LogP contribution in [0.15, 0.2) is 40.2 Å². The molecule has 0 atom stereocenters. The normalized spacial score (nSPS) is 10.2. The molecule has 0 saturated carbocycles. The molecule has 0 fully saturated rings. The lowest BCUT2D eigenvalue weighted by atomic mass is 10.2. The van der Waals surface area contributed by atoms with Crippen LogP contribution in [0.4, 0.5) is 0 Å². The number of nitrogens with zero attached hydrogens (tertiary/aromatic N) is 3. The standard InChI is InChI=1S/C12H10BrN3S/c1-16-5-4-15-12(16)17-8-10-6-9(7-14)2-3-11(10)13/h2-6H,8H2,1H3. The molecule has 0 saturated heterocycles. The molecule has 0 aliphatic carbocycles. The van der Waals surface area contributed by atoms with E-state index < -0.39 is 0 Å². The molecule has 0 bridgehead atoms. The maximum Gasteiger partial charge on any atom is 0.167 e. The lowest BCUT2D eigenvalue weighted by Crippen LogP contribution is -1.91. The molecule has 0 spiro atoms. The van der Waals surface area contributed by atoms with Crippen molar-refractivity contribution in [3.8, 4) is 6.07 Å². The Kier molecular flexibility index (Phi) is 3.87. The molecule has 2 rings (SSSR count). The molecule has 0 unspecified atom stereocenters. The molecular formula is C12H10BrN3S. The first kappa shape index (κ1) is 12.2. The lowest BCUT2D eigenvalue weighted by molar-refractivity contribution is 0.790. The molecule has 1 aromatic heterocycles. The minimum Gasteiger partial charge on any atom is -0.329 e. The highest BCUT2D eigenvalue weighted by molar-refractivity contribution is 9.10. The van der Waals surface area contributed by atoms with Crippen molar-refractivity contribution < 1.29 is 0 Å². The van der Waals surface area contributed by atoms with Crippen molar-refractivity contribution in [3.63, 3.8) is 0 Å². The van der Waals surface area contributed by atoms with E-state index in [0.29, 0.717) is 5.56 Å². The van der Waals surface area contributed by atoms with Gasteiger partial charge in [0, 0.05) is 29.7 Å². The highest BCUT2D eigenvalue weighted by atomic mass is 79.9. The van der Waals surface area contributed by atoms with Crippen LogP contribution in [0.3, 0.4) is 0 Å². The first-order chi connectivity index (χ1) is 8.20. The maximum atomic E-state index is 8.86. The predicted molar refractivity (Wildman–Crippen MR) is 71.6 cm³/mol. The number of rotatable bonds is 3. The van der Waals surface area contributed by atoms with Crippen LogP contribution in [0.5, 0.6) is 0 Å². The van der Waals surface area contributed by atoms with Crippen LogP contribution in [0, 0.1) is 11.3 Å². The van der Waals surface area contributed by atoms with Crippen molar-refractivity contribution in [1.82, 2.24) is 9.55 Å². The van der Waals surface area contributed by atoms with Gasteiger partial charge in [0.1, 0.15) is 0 Å². The lowest BCUT2D eigenvalue weighted by Gasteiger charge is -2.05. The minimum absolute atomic E-state index is 0.684. The molecular weight excluding hydrogens is 298 g/mol. The fourth-order valence-corrected chi connectivity index (χ4v) is 2.88. The van der Waals surface area contributed by atoms with E-state index in [-0.39, 0.29) is 0 Å². The summed E-state index contributed by atoms with van der Waals surface area (Å²) in [6, 6.07) is 7.77. The van der Waals surface area contributed by atoms with Crippen LogP contribution in [0.2, 0.25) is 0 Å². The molecule has 0 amide bonds. The molecule has 0 aliphatic heterocycles. The first-order valence-corrected chi connectivity index (χ1v) is 6.77. The number of aromatic nitrogens is 2. The van der Waals surface area contributed by atoms with E-state index in [4.69, 9.17) is 5.26 Å². The zero-order chi connectivity index (χ0) is 12.3. The van der Waals surface area contributed by atoms with Gasteiger partial charge in [-0.05, 0) is 23.8 Å². The summed E-state index contributed by atoms with van der Waals surface area (Å²) in [5, 5.41) is 9.83. The predicted octanol–water partition coefficient (Wildman–Crippen LogP) is 3.35. The van der Waals surface area contributed by atoms with Crippen molar-refractivity contribution in [3.05, 3.63) is 46.2 Å². The number of thioether (sulfide) groups is 1. The van der Waals surface area contributed by atoms with Gasteiger partial charge in [0.05, 0.1) is 11.6 Å². The van der Waals surface area contributed by atoms with Crippen LogP contribution >= 0.6 is 27.7 Å². The number of hydrogen-bond donors (Lipinski definition) is 0. The third-order valence-corrected chi connectivity index (χ3v) is 4.19. The van der Waals surface area contributed by atoms with Crippen molar-refractivity contribution in [2.45, 2.75) is 10.9 Å². The Morgan fingerprint density at radius 1 is 1.53 bits per heavy atom. The van der Waals surface area contributed by atoms with E-state index in [1.165, 1.54) is 0 Å². The van der Waals surface area contributed by atoms with Gasteiger partial charge in [0.15, 0.2) is 5.16 Å². The summed E-state index contributed by atoms with van der Waals surface area (Å²) in [7, 11) is 1.97. The summed E-state index contributed by atoms with van der Waals surface area (Å²) in [5.74, 6) is 0.793. The number of imidazole rings is 1. The third-order valence-electron chi connectivity index (χ3n) is 2.31. The smallest absolute Gasteiger partial charge is 0.167 e. The summed E-state index contributed by atoms with van der Waals surface area (Å²) in [5.41, 5.74) is 1.79. The van der Waals surface area contributed by atoms with Gasteiger partial charge < -0.3 is 4.57 Å². The SMILES string of the molecule is Cn1ccnc1SCc1cc(C#N)ccc1Br. The van der Waals surface area contributed by atoms with E-state index in [9.17, 15) is 0 Å². The average Bonchev–Trinajstić information content (AvgIpc) is 2.74. The molecule has 1 heterocycles. The fourth-order valence-electron chi connectivity index (χ4n) is 1.39. The number of aryl methyl sites for hydroxylation is 1. The van der Waals surface area contributed by atoms with Gasteiger partial charge >= 0.3 is 0 Å². The number of nitriles is 1. The van der Waals surface area contributed by atoms with Crippen molar-refractivity contribution >= 4 is 27.7 Å². The second kappa shape index (κ2) is 5.39. The van der Waals surface area contributed by atoms with Gasteiger partial charge in [-0.2, -0.15) is 5.26 Å². The second-order valence-corrected chi connectivity index (χ2v) is 5.32. The number of hydrogen-bond acceptors (Lipinski definition) is 3. The summed E-state index contributed by atoms with van der Waals surface area (Å²) in [4.78, 5) is 4.25. The summed E-state index contributed by atoms with van der Waals surface area (Å²) >= 11 is 5.15. The minimum atomic E-state index is 0.684. The van der Waals surface area contributed by atoms with Crippen molar-refractivity contribution in [2.24, 2.45) is 7.05 Å². The van der Waals surface area contributed by atoms with E-state index >= 15 is 0 Å². The van der Waals surface area contributed by atoms with Crippen LogP contribution < -0.4 is 0 Å². The third kappa shape index (κ3) is 2.90. The molecule has 5 heteroatoms. The van der Waals surface area contributed by atoms with Crippen LogP contribution in [-0.2, 0) is 12.8 Å². The molecule has 17 heavy (non-hydrogen) atoms.